The SMILES string of the molecule is CC1(C)CC2(CCCC(C)(C)N2[O])CC(C)(C)N1[O]. The lowest BCUT2D eigenvalue weighted by atomic mass is 9.65. The Labute approximate surface area is 117 Å². The monoisotopic (exact) mass is 268 g/mol. The number of hydrogen-bond donors (Lipinski definition) is 0. The Bertz CT molecular complexity index is 345. The molecule has 2 heterocycles. The van der Waals surface area contributed by atoms with Gasteiger partial charge in [-0.05, 0) is 73.6 Å². The summed E-state index contributed by atoms with van der Waals surface area (Å²) < 4.78 is 0. The molecule has 0 bridgehead atoms. The molecule has 0 amide bonds. The summed E-state index contributed by atoms with van der Waals surface area (Å²) in [4.78, 5) is 0. The van der Waals surface area contributed by atoms with Crippen LogP contribution >= 0.6 is 0 Å². The van der Waals surface area contributed by atoms with Crippen LogP contribution in [0.15, 0.2) is 0 Å². The zero-order valence-corrected chi connectivity index (χ0v) is 13.2. The highest BCUT2D eigenvalue weighted by molar-refractivity contribution is 5.10. The smallest absolute Gasteiger partial charge is 0.0536 e. The Hall–Kier alpha value is -0.160. The van der Waals surface area contributed by atoms with E-state index in [4.69, 9.17) is 0 Å². The van der Waals surface area contributed by atoms with Crippen LogP contribution in [-0.2, 0) is 10.4 Å². The molecule has 2 saturated heterocycles. The van der Waals surface area contributed by atoms with Crippen LogP contribution in [0.4, 0.5) is 0 Å². The largest absolute Gasteiger partial charge is 0.144 e. The predicted molar refractivity (Wildman–Crippen MR) is 73.1 cm³/mol. The van der Waals surface area contributed by atoms with Crippen LogP contribution in [0.3, 0.4) is 0 Å². The zero-order valence-electron chi connectivity index (χ0n) is 13.2. The van der Waals surface area contributed by atoms with E-state index in [1.807, 2.05) is 41.5 Å². The van der Waals surface area contributed by atoms with Gasteiger partial charge in [0, 0.05) is 16.6 Å². The fraction of sp³-hybridized carbons (Fsp3) is 1.00. The van der Waals surface area contributed by atoms with Crippen molar-refractivity contribution >= 4 is 0 Å². The fourth-order valence-electron chi connectivity index (χ4n) is 4.65. The van der Waals surface area contributed by atoms with E-state index in [-0.39, 0.29) is 11.1 Å². The molecule has 0 N–H and O–H groups in total. The number of hydrogen-bond acceptors (Lipinski definition) is 2. The summed E-state index contributed by atoms with van der Waals surface area (Å²) in [7, 11) is 0. The van der Waals surface area contributed by atoms with Crippen molar-refractivity contribution in [1.29, 1.82) is 0 Å². The molecule has 110 valence electrons. The summed E-state index contributed by atoms with van der Waals surface area (Å²) >= 11 is 0. The van der Waals surface area contributed by atoms with Gasteiger partial charge in [-0.1, -0.05) is 0 Å². The van der Waals surface area contributed by atoms with Gasteiger partial charge in [-0.25, -0.2) is 0 Å². The first-order chi connectivity index (χ1) is 8.43. The molecule has 2 fully saturated rings. The Morgan fingerprint density at radius 2 is 1.16 bits per heavy atom. The number of hydroxylamine groups is 4. The Morgan fingerprint density at radius 1 is 0.684 bits per heavy atom. The third-order valence-electron chi connectivity index (χ3n) is 5.03. The molecule has 0 aliphatic carbocycles. The third-order valence-corrected chi connectivity index (χ3v) is 5.03. The lowest BCUT2D eigenvalue weighted by Gasteiger charge is -2.60. The minimum absolute atomic E-state index is 0.310. The van der Waals surface area contributed by atoms with Crippen molar-refractivity contribution in [2.24, 2.45) is 0 Å². The molecular weight excluding hydrogens is 240 g/mol. The van der Waals surface area contributed by atoms with Crippen LogP contribution in [0.5, 0.6) is 0 Å². The highest BCUT2D eigenvalue weighted by Gasteiger charge is 2.59. The molecule has 0 aromatic carbocycles. The van der Waals surface area contributed by atoms with Crippen LogP contribution in [0.1, 0.15) is 73.6 Å². The quantitative estimate of drug-likeness (QED) is 0.676. The summed E-state index contributed by atoms with van der Waals surface area (Å²) in [6.07, 6.45) is 4.28. The maximum Gasteiger partial charge on any atom is 0.0536 e. The zero-order chi connectivity index (χ0) is 14.7. The topological polar surface area (TPSA) is 46.3 Å². The van der Waals surface area contributed by atoms with Gasteiger partial charge >= 0.3 is 0 Å². The minimum Gasteiger partial charge on any atom is -0.144 e. The van der Waals surface area contributed by atoms with Gasteiger partial charge in [-0.3, -0.25) is 0 Å². The number of nitrogens with zero attached hydrogens (tertiary/aromatic N) is 2. The fourth-order valence-corrected chi connectivity index (χ4v) is 4.65. The second-order valence-electron chi connectivity index (χ2n) is 8.46. The maximum absolute atomic E-state index is 12.9. The standard InChI is InChI=1S/C15H28N2O2/c1-12(2)8-7-9-15(17(12)19)10-13(3,4)16(18)14(5,6)11-15/h7-11H2,1-6H3. The normalized spacial score (nSPS) is 33.5. The second-order valence-corrected chi connectivity index (χ2v) is 8.46. The van der Waals surface area contributed by atoms with Crippen LogP contribution in [0.25, 0.3) is 0 Å². The Kier molecular flexibility index (Phi) is 3.34. The molecular formula is C15H28N2O2. The molecule has 0 unspecified atom stereocenters. The Morgan fingerprint density at radius 3 is 1.63 bits per heavy atom. The summed E-state index contributed by atoms with van der Waals surface area (Å²) in [5.74, 6) is 0. The van der Waals surface area contributed by atoms with E-state index < -0.39 is 11.1 Å². The lowest BCUT2D eigenvalue weighted by molar-refractivity contribution is -0.359. The molecule has 2 rings (SSSR count). The summed E-state index contributed by atoms with van der Waals surface area (Å²) in [6.45, 7) is 11.9. The van der Waals surface area contributed by atoms with Gasteiger partial charge in [-0.2, -0.15) is 0 Å². The van der Waals surface area contributed by atoms with Crippen molar-refractivity contribution in [3.8, 4) is 0 Å². The highest BCUT2D eigenvalue weighted by Crippen LogP contribution is 2.51. The number of rotatable bonds is 0. The van der Waals surface area contributed by atoms with E-state index in [1.54, 1.807) is 0 Å². The number of piperidine rings is 2. The average Bonchev–Trinajstić information content (AvgIpc) is 2.22. The van der Waals surface area contributed by atoms with Crippen LogP contribution in [-0.4, -0.2) is 32.3 Å². The summed E-state index contributed by atoms with van der Waals surface area (Å²) in [5, 5.41) is 27.9. The van der Waals surface area contributed by atoms with Gasteiger partial charge < -0.3 is 0 Å². The lowest BCUT2D eigenvalue weighted by Crippen LogP contribution is -2.71. The van der Waals surface area contributed by atoms with Crippen LogP contribution in [0.2, 0.25) is 0 Å². The van der Waals surface area contributed by atoms with E-state index in [9.17, 15) is 10.4 Å². The summed E-state index contributed by atoms with van der Waals surface area (Å²) in [5.41, 5.74) is -1.62. The summed E-state index contributed by atoms with van der Waals surface area (Å²) in [6, 6.07) is 0. The van der Waals surface area contributed by atoms with Crippen molar-refractivity contribution in [1.82, 2.24) is 10.1 Å². The molecule has 1 spiro atoms. The van der Waals surface area contributed by atoms with E-state index in [1.165, 1.54) is 10.1 Å². The average molecular weight is 268 g/mol. The first-order valence-corrected chi connectivity index (χ1v) is 7.38. The van der Waals surface area contributed by atoms with Gasteiger partial charge in [0.15, 0.2) is 0 Å². The predicted octanol–water partition coefficient (Wildman–Crippen LogP) is 3.33. The third kappa shape index (κ3) is 2.33. The van der Waals surface area contributed by atoms with Gasteiger partial charge in [0.2, 0.25) is 0 Å². The van der Waals surface area contributed by atoms with Crippen molar-refractivity contribution in [2.45, 2.75) is 95.8 Å². The van der Waals surface area contributed by atoms with Crippen LogP contribution in [0, 0.1) is 0 Å². The first kappa shape index (κ1) is 15.2. The van der Waals surface area contributed by atoms with Gasteiger partial charge in [0.25, 0.3) is 0 Å². The highest BCUT2D eigenvalue weighted by atomic mass is 16.5. The molecule has 2 aliphatic heterocycles. The molecule has 2 radical (unpaired) electrons. The second kappa shape index (κ2) is 4.17. The van der Waals surface area contributed by atoms with E-state index in [2.05, 4.69) is 0 Å². The molecule has 0 aromatic heterocycles. The van der Waals surface area contributed by atoms with Crippen molar-refractivity contribution < 1.29 is 10.4 Å². The van der Waals surface area contributed by atoms with E-state index >= 15 is 0 Å². The molecule has 0 atom stereocenters. The molecule has 0 aromatic rings. The Balaban J connectivity index is 2.39. The van der Waals surface area contributed by atoms with Gasteiger partial charge in [0.05, 0.1) is 5.54 Å². The molecule has 19 heavy (non-hydrogen) atoms. The van der Waals surface area contributed by atoms with Crippen molar-refractivity contribution in [2.75, 3.05) is 0 Å². The molecule has 4 nitrogen and oxygen atoms in total. The van der Waals surface area contributed by atoms with E-state index in [0.29, 0.717) is 12.8 Å². The van der Waals surface area contributed by atoms with E-state index in [0.717, 1.165) is 19.3 Å². The van der Waals surface area contributed by atoms with Gasteiger partial charge in [0.1, 0.15) is 0 Å². The van der Waals surface area contributed by atoms with Crippen molar-refractivity contribution in [3.05, 3.63) is 0 Å². The maximum atomic E-state index is 12.9. The molecule has 4 heteroatoms. The van der Waals surface area contributed by atoms with Crippen LogP contribution < -0.4 is 0 Å². The van der Waals surface area contributed by atoms with Crippen molar-refractivity contribution in [3.63, 3.8) is 0 Å². The van der Waals surface area contributed by atoms with Gasteiger partial charge in [-0.15, -0.1) is 20.5 Å². The minimum atomic E-state index is -0.474. The molecule has 2 aliphatic rings. The first-order valence-electron chi connectivity index (χ1n) is 7.38. The molecule has 0 saturated carbocycles.